The van der Waals surface area contributed by atoms with Gasteiger partial charge in [-0.15, -0.1) is 0 Å². The minimum atomic E-state index is -0.492. The zero-order valence-corrected chi connectivity index (χ0v) is 9.85. The fraction of sp³-hybridized carbons (Fsp3) is 0.900. The molecule has 0 aromatic rings. The van der Waals surface area contributed by atoms with Crippen molar-refractivity contribution in [2.24, 2.45) is 5.73 Å². The fourth-order valence-electron chi connectivity index (χ4n) is 1.58. The fourth-order valence-corrected chi connectivity index (χ4v) is 1.58. The summed E-state index contributed by atoms with van der Waals surface area (Å²) in [4.78, 5) is 13.4. The van der Waals surface area contributed by atoms with Gasteiger partial charge in [0.2, 0.25) is 0 Å². The molecule has 1 rings (SSSR count). The summed E-state index contributed by atoms with van der Waals surface area (Å²) in [5, 5.41) is 0. The summed E-state index contributed by atoms with van der Waals surface area (Å²) in [5.74, 6) is -0.0914. The molecule has 2 unspecified atom stereocenters. The van der Waals surface area contributed by atoms with E-state index in [9.17, 15) is 4.79 Å². The SMILES string of the molecule is COCC(N)CN(C)C(=O)C1COCCO1. The first-order valence-electron chi connectivity index (χ1n) is 5.34. The maximum atomic E-state index is 11.9. The van der Waals surface area contributed by atoms with Gasteiger partial charge in [-0.05, 0) is 0 Å². The lowest BCUT2D eigenvalue weighted by molar-refractivity contribution is -0.157. The summed E-state index contributed by atoms with van der Waals surface area (Å²) in [7, 11) is 3.29. The van der Waals surface area contributed by atoms with E-state index in [-0.39, 0.29) is 11.9 Å². The molecule has 1 heterocycles. The number of amides is 1. The zero-order chi connectivity index (χ0) is 12.0. The number of carbonyl (C=O) groups excluding carboxylic acids is 1. The van der Waals surface area contributed by atoms with Crippen LogP contribution >= 0.6 is 0 Å². The van der Waals surface area contributed by atoms with Crippen LogP contribution < -0.4 is 5.73 Å². The Kier molecular flexibility index (Phi) is 5.68. The normalized spacial score (nSPS) is 22.8. The minimum Gasteiger partial charge on any atom is -0.383 e. The molecular weight excluding hydrogens is 212 g/mol. The molecule has 94 valence electrons. The van der Waals surface area contributed by atoms with Crippen LogP contribution in [-0.2, 0) is 19.0 Å². The van der Waals surface area contributed by atoms with E-state index in [0.29, 0.717) is 33.0 Å². The third-order valence-electron chi connectivity index (χ3n) is 2.36. The summed E-state index contributed by atoms with van der Waals surface area (Å²) in [6.45, 7) is 2.22. The molecule has 0 bridgehead atoms. The topological polar surface area (TPSA) is 74.0 Å². The molecule has 1 fully saturated rings. The number of rotatable bonds is 5. The Morgan fingerprint density at radius 3 is 2.94 bits per heavy atom. The van der Waals surface area contributed by atoms with Crippen molar-refractivity contribution < 1.29 is 19.0 Å². The monoisotopic (exact) mass is 232 g/mol. The largest absolute Gasteiger partial charge is 0.383 e. The molecule has 0 spiro atoms. The second kappa shape index (κ2) is 6.80. The standard InChI is InChI=1S/C10H20N2O4/c1-12(5-8(11)6-14-2)10(13)9-7-15-3-4-16-9/h8-9H,3-7,11H2,1-2H3. The van der Waals surface area contributed by atoms with E-state index in [1.165, 1.54) is 0 Å². The Hall–Kier alpha value is -0.690. The Morgan fingerprint density at radius 2 is 2.38 bits per heavy atom. The maximum Gasteiger partial charge on any atom is 0.253 e. The van der Waals surface area contributed by atoms with E-state index in [4.69, 9.17) is 19.9 Å². The maximum absolute atomic E-state index is 11.9. The quantitative estimate of drug-likeness (QED) is 0.647. The highest BCUT2D eigenvalue weighted by Crippen LogP contribution is 2.04. The highest BCUT2D eigenvalue weighted by Gasteiger charge is 2.26. The van der Waals surface area contributed by atoms with Crippen LogP contribution in [0.1, 0.15) is 0 Å². The molecule has 6 heteroatoms. The first-order valence-corrected chi connectivity index (χ1v) is 5.34. The van der Waals surface area contributed by atoms with Crippen molar-refractivity contribution in [3.63, 3.8) is 0 Å². The van der Waals surface area contributed by atoms with E-state index in [2.05, 4.69) is 0 Å². The van der Waals surface area contributed by atoms with E-state index >= 15 is 0 Å². The third kappa shape index (κ3) is 4.05. The highest BCUT2D eigenvalue weighted by molar-refractivity contribution is 5.81. The van der Waals surface area contributed by atoms with Crippen molar-refractivity contribution in [3.05, 3.63) is 0 Å². The number of hydrogen-bond acceptors (Lipinski definition) is 5. The second-order valence-corrected chi connectivity index (χ2v) is 3.87. The third-order valence-corrected chi connectivity index (χ3v) is 2.36. The van der Waals surface area contributed by atoms with Gasteiger partial charge in [0.25, 0.3) is 5.91 Å². The molecule has 6 nitrogen and oxygen atoms in total. The van der Waals surface area contributed by atoms with Crippen LogP contribution in [0, 0.1) is 0 Å². The molecule has 2 atom stereocenters. The van der Waals surface area contributed by atoms with Gasteiger partial charge in [0, 0.05) is 26.7 Å². The summed E-state index contributed by atoms with van der Waals surface area (Å²) < 4.78 is 15.4. The van der Waals surface area contributed by atoms with Crippen LogP contribution in [-0.4, -0.2) is 70.1 Å². The minimum absolute atomic E-state index is 0.0914. The van der Waals surface area contributed by atoms with Crippen LogP contribution in [0.3, 0.4) is 0 Å². The van der Waals surface area contributed by atoms with Crippen LogP contribution in [0.2, 0.25) is 0 Å². The summed E-state index contributed by atoms with van der Waals surface area (Å²) in [6.07, 6.45) is -0.492. The molecule has 0 aliphatic carbocycles. The van der Waals surface area contributed by atoms with Gasteiger partial charge in [0.15, 0.2) is 6.10 Å². The summed E-state index contributed by atoms with van der Waals surface area (Å²) in [5.41, 5.74) is 5.76. The predicted molar refractivity (Wildman–Crippen MR) is 58.0 cm³/mol. The van der Waals surface area contributed by atoms with Crippen molar-refractivity contribution in [2.75, 3.05) is 47.1 Å². The van der Waals surface area contributed by atoms with E-state index < -0.39 is 6.10 Å². The highest BCUT2D eigenvalue weighted by atomic mass is 16.6. The first kappa shape index (κ1) is 13.4. The number of ether oxygens (including phenoxy) is 3. The molecule has 1 aliphatic rings. The number of carbonyl (C=O) groups is 1. The van der Waals surface area contributed by atoms with Crippen LogP contribution in [0.15, 0.2) is 0 Å². The molecule has 0 saturated carbocycles. The van der Waals surface area contributed by atoms with Crippen LogP contribution in [0.4, 0.5) is 0 Å². The molecule has 0 aromatic heterocycles. The van der Waals surface area contributed by atoms with Gasteiger partial charge in [0.05, 0.1) is 26.4 Å². The first-order chi connectivity index (χ1) is 7.65. The molecule has 2 N–H and O–H groups in total. The molecule has 1 saturated heterocycles. The van der Waals surface area contributed by atoms with Crippen LogP contribution in [0.5, 0.6) is 0 Å². The zero-order valence-electron chi connectivity index (χ0n) is 9.85. The van der Waals surface area contributed by atoms with E-state index in [0.717, 1.165) is 0 Å². The van der Waals surface area contributed by atoms with Crippen molar-refractivity contribution >= 4 is 5.91 Å². The lowest BCUT2D eigenvalue weighted by atomic mass is 10.2. The number of hydrogen-bond donors (Lipinski definition) is 1. The summed E-state index contributed by atoms with van der Waals surface area (Å²) in [6, 6.07) is -0.177. The summed E-state index contributed by atoms with van der Waals surface area (Å²) >= 11 is 0. The average molecular weight is 232 g/mol. The molecule has 0 radical (unpaired) electrons. The Bertz CT molecular complexity index is 219. The van der Waals surface area contributed by atoms with Gasteiger partial charge in [-0.3, -0.25) is 4.79 Å². The van der Waals surface area contributed by atoms with Gasteiger partial charge in [0.1, 0.15) is 0 Å². The number of nitrogens with zero attached hydrogens (tertiary/aromatic N) is 1. The lowest BCUT2D eigenvalue weighted by Gasteiger charge is -2.28. The van der Waals surface area contributed by atoms with Crippen molar-refractivity contribution in [2.45, 2.75) is 12.1 Å². The molecule has 1 aliphatic heterocycles. The number of likely N-dealkylation sites (N-methyl/N-ethyl adjacent to an activating group) is 1. The van der Waals surface area contributed by atoms with Crippen molar-refractivity contribution in [1.29, 1.82) is 0 Å². The molecule has 16 heavy (non-hydrogen) atoms. The molecule has 0 aromatic carbocycles. The van der Waals surface area contributed by atoms with Crippen molar-refractivity contribution in [3.8, 4) is 0 Å². The molecular formula is C10H20N2O4. The van der Waals surface area contributed by atoms with Gasteiger partial charge < -0.3 is 24.8 Å². The second-order valence-electron chi connectivity index (χ2n) is 3.87. The Morgan fingerprint density at radius 1 is 1.62 bits per heavy atom. The van der Waals surface area contributed by atoms with Crippen LogP contribution in [0.25, 0.3) is 0 Å². The average Bonchev–Trinajstić information content (AvgIpc) is 2.29. The van der Waals surface area contributed by atoms with Gasteiger partial charge in [-0.1, -0.05) is 0 Å². The number of methoxy groups -OCH3 is 1. The smallest absolute Gasteiger partial charge is 0.253 e. The lowest BCUT2D eigenvalue weighted by Crippen LogP contribution is -2.48. The van der Waals surface area contributed by atoms with E-state index in [1.807, 2.05) is 0 Å². The predicted octanol–water partition coefficient (Wildman–Crippen LogP) is -1.17. The van der Waals surface area contributed by atoms with Crippen molar-refractivity contribution in [1.82, 2.24) is 4.90 Å². The Labute approximate surface area is 95.6 Å². The van der Waals surface area contributed by atoms with Gasteiger partial charge >= 0.3 is 0 Å². The van der Waals surface area contributed by atoms with Gasteiger partial charge in [-0.25, -0.2) is 0 Å². The Balaban J connectivity index is 2.34. The number of nitrogens with two attached hydrogens (primary N) is 1. The van der Waals surface area contributed by atoms with E-state index in [1.54, 1.807) is 19.1 Å². The molecule has 1 amide bonds. The van der Waals surface area contributed by atoms with Gasteiger partial charge in [-0.2, -0.15) is 0 Å².